The van der Waals surface area contributed by atoms with E-state index in [0.29, 0.717) is 11.9 Å². The van der Waals surface area contributed by atoms with Gasteiger partial charge in [-0.05, 0) is 38.4 Å². The third-order valence-electron chi connectivity index (χ3n) is 4.49. The fraction of sp³-hybridized carbons (Fsp3) is 0.444. The lowest BCUT2D eigenvalue weighted by molar-refractivity contribution is 0.175. The molecule has 0 N–H and O–H groups in total. The molecule has 1 fully saturated rings. The van der Waals surface area contributed by atoms with Gasteiger partial charge in [-0.1, -0.05) is 30.7 Å². The van der Waals surface area contributed by atoms with Gasteiger partial charge in [-0.2, -0.15) is 9.37 Å². The molecular formula is C18H22FN3O. The van der Waals surface area contributed by atoms with Gasteiger partial charge in [-0.3, -0.25) is 4.90 Å². The summed E-state index contributed by atoms with van der Waals surface area (Å²) in [5, 5.41) is 0. The number of hydrogen-bond acceptors (Lipinski definition) is 4. The summed E-state index contributed by atoms with van der Waals surface area (Å²) >= 11 is 0. The second kappa shape index (κ2) is 7.04. The number of rotatable bonds is 4. The summed E-state index contributed by atoms with van der Waals surface area (Å²) in [6.45, 7) is 4.58. The van der Waals surface area contributed by atoms with E-state index in [9.17, 15) is 4.39 Å². The maximum Gasteiger partial charge on any atom is 0.253 e. The van der Waals surface area contributed by atoms with Crippen LogP contribution in [0.15, 0.2) is 30.5 Å². The van der Waals surface area contributed by atoms with E-state index in [4.69, 9.17) is 4.74 Å². The van der Waals surface area contributed by atoms with Crippen LogP contribution in [0.1, 0.15) is 37.8 Å². The van der Waals surface area contributed by atoms with E-state index >= 15 is 0 Å². The Balaban J connectivity index is 1.78. The second-order valence-corrected chi connectivity index (χ2v) is 5.95. The molecule has 0 saturated carbocycles. The molecule has 122 valence electrons. The molecule has 0 amide bonds. The monoisotopic (exact) mass is 315 g/mol. The Hall–Kier alpha value is -2.01. The lowest BCUT2D eigenvalue weighted by Gasteiger charge is -2.32. The third-order valence-corrected chi connectivity index (χ3v) is 4.49. The molecule has 0 bridgehead atoms. The number of hydrogen-bond donors (Lipinski definition) is 0. The molecule has 0 radical (unpaired) electrons. The summed E-state index contributed by atoms with van der Waals surface area (Å²) in [6.07, 6.45) is 5.05. The van der Waals surface area contributed by atoms with Crippen LogP contribution in [-0.4, -0.2) is 35.1 Å². The first-order valence-electron chi connectivity index (χ1n) is 8.10. The van der Waals surface area contributed by atoms with Gasteiger partial charge in [0.05, 0.1) is 13.3 Å². The van der Waals surface area contributed by atoms with E-state index in [1.807, 2.05) is 12.1 Å². The molecule has 3 rings (SSSR count). The summed E-state index contributed by atoms with van der Waals surface area (Å²) in [4.78, 5) is 10.7. The molecule has 4 nitrogen and oxygen atoms in total. The average molecular weight is 315 g/mol. The van der Waals surface area contributed by atoms with Crippen LogP contribution in [0.25, 0.3) is 11.4 Å². The van der Waals surface area contributed by atoms with E-state index in [2.05, 4.69) is 33.9 Å². The minimum Gasteiger partial charge on any atom is -0.479 e. The predicted octanol–water partition coefficient (Wildman–Crippen LogP) is 3.84. The number of piperidine rings is 1. The van der Waals surface area contributed by atoms with Gasteiger partial charge in [0.1, 0.15) is 0 Å². The molecule has 0 spiro atoms. The molecule has 1 aromatic heterocycles. The quantitative estimate of drug-likeness (QED) is 0.859. The van der Waals surface area contributed by atoms with Crippen LogP contribution < -0.4 is 4.74 Å². The zero-order chi connectivity index (χ0) is 16.2. The highest BCUT2D eigenvalue weighted by Gasteiger charge is 2.18. The fourth-order valence-electron chi connectivity index (χ4n) is 3.06. The Labute approximate surface area is 136 Å². The van der Waals surface area contributed by atoms with Crippen molar-refractivity contribution in [2.24, 2.45) is 0 Å². The van der Waals surface area contributed by atoms with Gasteiger partial charge < -0.3 is 4.74 Å². The summed E-state index contributed by atoms with van der Waals surface area (Å²) in [5.74, 6) is -0.104. The Bertz CT molecular complexity index is 654. The number of halogens is 1. The molecule has 2 aromatic rings. The molecule has 1 aromatic carbocycles. The van der Waals surface area contributed by atoms with Crippen LogP contribution in [0.3, 0.4) is 0 Å². The van der Waals surface area contributed by atoms with Gasteiger partial charge in [0.25, 0.3) is 5.88 Å². The average Bonchev–Trinajstić information content (AvgIpc) is 2.62. The van der Waals surface area contributed by atoms with Crippen molar-refractivity contribution >= 4 is 0 Å². The summed E-state index contributed by atoms with van der Waals surface area (Å²) in [6, 6.07) is 8.60. The number of benzene rings is 1. The first-order valence-corrected chi connectivity index (χ1v) is 8.10. The first-order chi connectivity index (χ1) is 11.2. The highest BCUT2D eigenvalue weighted by molar-refractivity contribution is 5.55. The Morgan fingerprint density at radius 3 is 2.48 bits per heavy atom. The van der Waals surface area contributed by atoms with E-state index in [1.54, 1.807) is 0 Å². The molecule has 23 heavy (non-hydrogen) atoms. The van der Waals surface area contributed by atoms with Crippen LogP contribution in [0.5, 0.6) is 5.88 Å². The smallest absolute Gasteiger partial charge is 0.253 e. The van der Waals surface area contributed by atoms with E-state index in [1.165, 1.54) is 45.0 Å². The van der Waals surface area contributed by atoms with Crippen LogP contribution in [-0.2, 0) is 0 Å². The number of likely N-dealkylation sites (tertiary alicyclic amines) is 1. The van der Waals surface area contributed by atoms with E-state index in [0.717, 1.165) is 11.8 Å². The molecule has 1 atom stereocenters. The topological polar surface area (TPSA) is 38.2 Å². The van der Waals surface area contributed by atoms with Crippen LogP contribution in [0.2, 0.25) is 0 Å². The van der Waals surface area contributed by atoms with Crippen molar-refractivity contribution in [2.45, 2.75) is 32.2 Å². The van der Waals surface area contributed by atoms with Gasteiger partial charge in [0, 0.05) is 11.6 Å². The Morgan fingerprint density at radius 1 is 1.13 bits per heavy atom. The molecular weight excluding hydrogens is 293 g/mol. The Kier molecular flexibility index (Phi) is 4.86. The van der Waals surface area contributed by atoms with Gasteiger partial charge in [-0.15, -0.1) is 0 Å². The third kappa shape index (κ3) is 3.50. The summed E-state index contributed by atoms with van der Waals surface area (Å²) in [5.41, 5.74) is 2.14. The second-order valence-electron chi connectivity index (χ2n) is 5.95. The van der Waals surface area contributed by atoms with Crippen molar-refractivity contribution in [1.29, 1.82) is 0 Å². The number of methoxy groups -OCH3 is 1. The molecule has 0 aliphatic carbocycles. The minimum absolute atomic E-state index is 0.0271. The maximum absolute atomic E-state index is 13.4. The van der Waals surface area contributed by atoms with Crippen LogP contribution in [0, 0.1) is 5.82 Å². The van der Waals surface area contributed by atoms with E-state index < -0.39 is 5.82 Å². The van der Waals surface area contributed by atoms with Crippen LogP contribution in [0.4, 0.5) is 4.39 Å². The molecule has 1 saturated heterocycles. The lowest BCUT2D eigenvalue weighted by atomic mass is 10.0. The zero-order valence-corrected chi connectivity index (χ0v) is 13.6. The van der Waals surface area contributed by atoms with Crippen molar-refractivity contribution < 1.29 is 9.13 Å². The molecule has 1 aliphatic heterocycles. The molecule has 1 aliphatic rings. The zero-order valence-electron chi connectivity index (χ0n) is 13.6. The van der Waals surface area contributed by atoms with Crippen molar-refractivity contribution in [3.05, 3.63) is 41.8 Å². The molecule has 5 heteroatoms. The summed E-state index contributed by atoms with van der Waals surface area (Å²) in [7, 11) is 1.40. The predicted molar refractivity (Wildman–Crippen MR) is 87.8 cm³/mol. The molecule has 1 unspecified atom stereocenters. The standard InChI is InChI=1S/C18H22FN3O/c1-13(22-10-4-3-5-11-22)14-6-8-15(9-7-14)17-20-12-16(19)18(21-17)23-2/h6-9,12-13H,3-5,10-11H2,1-2H3. The normalized spacial score (nSPS) is 17.0. The van der Waals surface area contributed by atoms with Crippen molar-refractivity contribution in [3.8, 4) is 17.3 Å². The highest BCUT2D eigenvalue weighted by atomic mass is 19.1. The summed E-state index contributed by atoms with van der Waals surface area (Å²) < 4.78 is 18.3. The van der Waals surface area contributed by atoms with Gasteiger partial charge in [-0.25, -0.2) is 4.98 Å². The van der Waals surface area contributed by atoms with Gasteiger partial charge in [0.15, 0.2) is 5.82 Å². The first kappa shape index (κ1) is 15.9. The minimum atomic E-state index is -0.549. The van der Waals surface area contributed by atoms with Gasteiger partial charge in [0.2, 0.25) is 5.82 Å². The van der Waals surface area contributed by atoms with Crippen molar-refractivity contribution in [1.82, 2.24) is 14.9 Å². The number of aromatic nitrogens is 2. The maximum atomic E-state index is 13.4. The molecule has 2 heterocycles. The van der Waals surface area contributed by atoms with Gasteiger partial charge >= 0.3 is 0 Å². The highest BCUT2D eigenvalue weighted by Crippen LogP contribution is 2.26. The Morgan fingerprint density at radius 2 is 1.83 bits per heavy atom. The van der Waals surface area contributed by atoms with E-state index in [-0.39, 0.29) is 5.88 Å². The van der Waals surface area contributed by atoms with Crippen molar-refractivity contribution in [2.75, 3.05) is 20.2 Å². The number of ether oxygens (including phenoxy) is 1. The lowest BCUT2D eigenvalue weighted by Crippen LogP contribution is -2.32. The number of nitrogens with zero attached hydrogens (tertiary/aromatic N) is 3. The largest absolute Gasteiger partial charge is 0.479 e. The fourth-order valence-corrected chi connectivity index (χ4v) is 3.06. The van der Waals surface area contributed by atoms with Crippen molar-refractivity contribution in [3.63, 3.8) is 0 Å². The SMILES string of the molecule is COc1nc(-c2ccc(C(C)N3CCCCC3)cc2)ncc1F. The van der Waals surface area contributed by atoms with Crippen LogP contribution >= 0.6 is 0 Å².